The lowest BCUT2D eigenvalue weighted by Gasteiger charge is -2.04. The highest BCUT2D eigenvalue weighted by atomic mass is 16.5. The topological polar surface area (TPSA) is 59.9 Å². The van der Waals surface area contributed by atoms with Crippen LogP contribution in [0, 0.1) is 0 Å². The molecule has 0 aliphatic rings. The van der Waals surface area contributed by atoms with Gasteiger partial charge in [0.15, 0.2) is 5.65 Å². The molecule has 0 saturated heterocycles. The van der Waals surface area contributed by atoms with E-state index in [9.17, 15) is 4.79 Å². The van der Waals surface area contributed by atoms with Crippen molar-refractivity contribution in [1.82, 2.24) is 14.5 Å². The average molecular weight is 253 g/mol. The molecule has 0 bridgehead atoms. The van der Waals surface area contributed by atoms with Crippen LogP contribution >= 0.6 is 0 Å². The van der Waals surface area contributed by atoms with E-state index >= 15 is 0 Å². The molecule has 0 aliphatic carbocycles. The fraction of sp³-hybridized carbons (Fsp3) is 0.538. The summed E-state index contributed by atoms with van der Waals surface area (Å²) in [5, 5.41) is 0. The average Bonchev–Trinajstić information content (AvgIpc) is 2.68. The Balaban J connectivity index is 0.00000103. The van der Waals surface area contributed by atoms with Crippen LogP contribution in [0.1, 0.15) is 35.0 Å². The Morgan fingerprint density at radius 1 is 1.50 bits per heavy atom. The summed E-state index contributed by atoms with van der Waals surface area (Å²) in [6, 6.07) is 1.80. The van der Waals surface area contributed by atoms with E-state index in [1.807, 2.05) is 13.8 Å². The van der Waals surface area contributed by atoms with Crippen LogP contribution in [0.15, 0.2) is 17.1 Å². The van der Waals surface area contributed by atoms with Crippen molar-refractivity contribution in [3.8, 4) is 5.75 Å². The van der Waals surface area contributed by atoms with Crippen LogP contribution in [0.4, 0.5) is 0 Å². The number of nitrogens with one attached hydrogen (secondary N) is 1. The maximum absolute atomic E-state index is 11.3. The van der Waals surface area contributed by atoms with Gasteiger partial charge < -0.3 is 9.72 Å². The van der Waals surface area contributed by atoms with E-state index in [1.165, 1.54) is 4.57 Å². The monoisotopic (exact) mass is 253 g/mol. The number of hydrogen-bond donors (Lipinski definition) is 1. The molecule has 1 N–H and O–H groups in total. The van der Waals surface area contributed by atoms with Gasteiger partial charge in [0.05, 0.1) is 18.3 Å². The Morgan fingerprint density at radius 3 is 2.89 bits per heavy atom. The fourth-order valence-corrected chi connectivity index (χ4v) is 1.51. The predicted molar refractivity (Wildman–Crippen MR) is 75.2 cm³/mol. The summed E-state index contributed by atoms with van der Waals surface area (Å²) in [6.45, 7) is 6.79. The summed E-state index contributed by atoms with van der Waals surface area (Å²) < 4.78 is 6.99. The highest BCUT2D eigenvalue weighted by molar-refractivity contribution is 5.71. The highest BCUT2D eigenvalue weighted by Crippen LogP contribution is 2.15. The van der Waals surface area contributed by atoms with Crippen LogP contribution in [-0.2, 0) is 7.05 Å². The second kappa shape index (κ2) is 6.83. The van der Waals surface area contributed by atoms with Crippen molar-refractivity contribution in [2.24, 2.45) is 7.05 Å². The van der Waals surface area contributed by atoms with Gasteiger partial charge in [-0.25, -0.2) is 9.78 Å². The quantitative estimate of drug-likeness (QED) is 0.852. The molecule has 2 heterocycles. The first-order chi connectivity index (χ1) is 8.72. The van der Waals surface area contributed by atoms with Crippen molar-refractivity contribution in [2.75, 3.05) is 6.61 Å². The number of aromatic nitrogens is 3. The molecule has 0 atom stereocenters. The summed E-state index contributed by atoms with van der Waals surface area (Å²) in [4.78, 5) is 18.2. The molecule has 0 unspecified atom stereocenters. The Kier molecular flexibility index (Phi) is 5.42. The zero-order chi connectivity index (χ0) is 13.5. The molecule has 0 amide bonds. The smallest absolute Gasteiger partial charge is 0.327 e. The minimum Gasteiger partial charge on any atom is -0.492 e. The number of aromatic amines is 1. The lowest BCUT2D eigenvalue weighted by atomic mass is 10.3. The normalized spacial score (nSPS) is 10.0. The number of hydrogen-bond acceptors (Lipinski definition) is 3. The van der Waals surface area contributed by atoms with Crippen molar-refractivity contribution in [2.45, 2.75) is 33.6 Å². The Morgan fingerprint density at radius 2 is 2.22 bits per heavy atom. The van der Waals surface area contributed by atoms with Gasteiger partial charge in [-0.15, -0.1) is 0 Å². The van der Waals surface area contributed by atoms with Crippen LogP contribution in [-0.4, -0.2) is 21.1 Å². The molecule has 102 valence electrons. The molecule has 2 rings (SSSR count). The first-order valence-electron chi connectivity index (χ1n) is 6.40. The SMILES string of the molecule is CC.CCCCOc1cnc2c(c1)[nH]c(=O)n2C.[HH]. The van der Waals surface area contributed by atoms with Crippen LogP contribution in [0.25, 0.3) is 11.2 Å². The van der Waals surface area contributed by atoms with E-state index in [0.717, 1.165) is 12.8 Å². The van der Waals surface area contributed by atoms with Crippen LogP contribution in [0.3, 0.4) is 0 Å². The molecule has 0 aliphatic heterocycles. The van der Waals surface area contributed by atoms with E-state index in [1.54, 1.807) is 19.3 Å². The van der Waals surface area contributed by atoms with Gasteiger partial charge in [-0.1, -0.05) is 27.2 Å². The van der Waals surface area contributed by atoms with Gasteiger partial charge in [-0.3, -0.25) is 4.57 Å². The molecule has 18 heavy (non-hydrogen) atoms. The van der Waals surface area contributed by atoms with Crippen molar-refractivity contribution < 1.29 is 6.16 Å². The van der Waals surface area contributed by atoms with E-state index < -0.39 is 0 Å². The molecule has 2 aromatic heterocycles. The summed E-state index contributed by atoms with van der Waals surface area (Å²) in [5.74, 6) is 0.697. The molecule has 0 radical (unpaired) electrons. The first kappa shape index (κ1) is 14.3. The number of imidazole rings is 1. The maximum atomic E-state index is 11.3. The Labute approximate surface area is 108 Å². The number of nitrogens with zero attached hydrogens (tertiary/aromatic N) is 2. The van der Waals surface area contributed by atoms with Crippen molar-refractivity contribution in [1.29, 1.82) is 0 Å². The second-order valence-corrected chi connectivity index (χ2v) is 3.73. The number of aryl methyl sites for hydroxylation is 1. The number of pyridine rings is 1. The van der Waals surface area contributed by atoms with E-state index in [0.29, 0.717) is 23.5 Å². The fourth-order valence-electron chi connectivity index (χ4n) is 1.51. The van der Waals surface area contributed by atoms with Crippen LogP contribution < -0.4 is 10.4 Å². The van der Waals surface area contributed by atoms with Gasteiger partial charge in [0, 0.05) is 14.5 Å². The van der Waals surface area contributed by atoms with Gasteiger partial charge in [0.1, 0.15) is 5.75 Å². The van der Waals surface area contributed by atoms with E-state index in [-0.39, 0.29) is 7.12 Å². The minimum atomic E-state index is -0.159. The van der Waals surface area contributed by atoms with Crippen molar-refractivity contribution in [3.05, 3.63) is 22.7 Å². The Hall–Kier alpha value is -1.78. The zero-order valence-electron chi connectivity index (χ0n) is 11.5. The minimum absolute atomic E-state index is 0. The molecular weight excluding hydrogens is 230 g/mol. The standard InChI is InChI=1S/C11H15N3O2.C2H6.H2/c1-3-4-5-16-8-6-9-10(12-7-8)14(2)11(15)13-9;1-2;/h6-7H,3-5H2,1-2H3,(H,13,15);1-2H3;1H. The molecule has 5 heteroatoms. The van der Waals surface area contributed by atoms with Gasteiger partial charge in [-0.2, -0.15) is 0 Å². The third-order valence-corrected chi connectivity index (χ3v) is 2.47. The molecule has 0 fully saturated rings. The highest BCUT2D eigenvalue weighted by Gasteiger charge is 2.05. The molecule has 0 saturated carbocycles. The number of fused-ring (bicyclic) bond motifs is 1. The molecular formula is C13H23N3O2. The van der Waals surface area contributed by atoms with E-state index in [4.69, 9.17) is 4.74 Å². The van der Waals surface area contributed by atoms with Gasteiger partial charge in [0.25, 0.3) is 0 Å². The second-order valence-electron chi connectivity index (χ2n) is 3.73. The zero-order valence-corrected chi connectivity index (χ0v) is 11.5. The Bertz CT molecular complexity index is 548. The molecule has 0 aromatic carbocycles. The predicted octanol–water partition coefficient (Wildman–Crippen LogP) is 2.71. The number of rotatable bonds is 4. The van der Waals surface area contributed by atoms with Gasteiger partial charge in [-0.05, 0) is 6.42 Å². The summed E-state index contributed by atoms with van der Waals surface area (Å²) in [5.41, 5.74) is 1.20. The van der Waals surface area contributed by atoms with Gasteiger partial charge >= 0.3 is 5.69 Å². The third kappa shape index (κ3) is 3.12. The molecule has 0 spiro atoms. The van der Waals surface area contributed by atoms with Crippen LogP contribution in [0.2, 0.25) is 0 Å². The summed E-state index contributed by atoms with van der Waals surface area (Å²) in [7, 11) is 1.69. The maximum Gasteiger partial charge on any atom is 0.327 e. The number of unbranched alkanes of at least 4 members (excludes halogenated alkanes) is 1. The molecule has 2 aromatic rings. The summed E-state index contributed by atoms with van der Waals surface area (Å²) in [6.07, 6.45) is 3.76. The van der Waals surface area contributed by atoms with Crippen molar-refractivity contribution in [3.63, 3.8) is 0 Å². The molecule has 5 nitrogen and oxygen atoms in total. The van der Waals surface area contributed by atoms with Gasteiger partial charge in [0.2, 0.25) is 0 Å². The largest absolute Gasteiger partial charge is 0.492 e. The lowest BCUT2D eigenvalue weighted by molar-refractivity contribution is 0.308. The lowest BCUT2D eigenvalue weighted by Crippen LogP contribution is -2.12. The van der Waals surface area contributed by atoms with Crippen LogP contribution in [0.5, 0.6) is 5.75 Å². The third-order valence-electron chi connectivity index (χ3n) is 2.47. The number of H-pyrrole nitrogens is 1. The van der Waals surface area contributed by atoms with E-state index in [2.05, 4.69) is 16.9 Å². The number of ether oxygens (including phenoxy) is 1. The first-order valence-corrected chi connectivity index (χ1v) is 6.40. The van der Waals surface area contributed by atoms with Crippen molar-refractivity contribution >= 4 is 11.2 Å². The summed E-state index contributed by atoms with van der Waals surface area (Å²) >= 11 is 0.